The van der Waals surface area contributed by atoms with E-state index in [0.717, 1.165) is 16.5 Å². The molecule has 1 heterocycles. The smallest absolute Gasteiger partial charge is 0.253 e. The molecule has 5 heteroatoms. The molecule has 0 spiro atoms. The van der Waals surface area contributed by atoms with Gasteiger partial charge in [0, 0.05) is 36.5 Å². The lowest BCUT2D eigenvalue weighted by Gasteiger charge is -1.98. The van der Waals surface area contributed by atoms with Crippen LogP contribution in [0.1, 0.15) is 28.8 Å². The minimum Gasteiger partial charge on any atom is -0.396 e. The zero-order valence-electron chi connectivity index (χ0n) is 11.3. The predicted molar refractivity (Wildman–Crippen MR) is 79.6 cm³/mol. The summed E-state index contributed by atoms with van der Waals surface area (Å²) in [5, 5.41) is 12.4. The number of aromatic nitrogens is 1. The second-order valence-electron chi connectivity index (χ2n) is 4.38. The van der Waals surface area contributed by atoms with Crippen molar-refractivity contribution in [2.75, 3.05) is 19.0 Å². The van der Waals surface area contributed by atoms with Crippen molar-refractivity contribution in [3.8, 4) is 11.8 Å². The SMILES string of the molecule is CNc1[nH]c2cc(C#CCCCO)ccc2c1C(N)=O. The Bertz CT molecular complexity index is 692. The summed E-state index contributed by atoms with van der Waals surface area (Å²) in [7, 11) is 1.73. The largest absolute Gasteiger partial charge is 0.396 e. The fourth-order valence-electron chi connectivity index (χ4n) is 2.05. The second-order valence-corrected chi connectivity index (χ2v) is 4.38. The van der Waals surface area contributed by atoms with Gasteiger partial charge in [0.2, 0.25) is 0 Å². The lowest BCUT2D eigenvalue weighted by atomic mass is 10.1. The lowest BCUT2D eigenvalue weighted by Crippen LogP contribution is -2.12. The zero-order chi connectivity index (χ0) is 14.5. The number of aliphatic hydroxyl groups excluding tert-OH is 1. The summed E-state index contributed by atoms with van der Waals surface area (Å²) >= 11 is 0. The minimum absolute atomic E-state index is 0.151. The Morgan fingerprint density at radius 2 is 2.30 bits per heavy atom. The van der Waals surface area contributed by atoms with Crippen molar-refractivity contribution in [2.45, 2.75) is 12.8 Å². The fraction of sp³-hybridized carbons (Fsp3) is 0.267. The van der Waals surface area contributed by atoms with Crippen LogP contribution in [0.25, 0.3) is 10.9 Å². The Labute approximate surface area is 117 Å². The van der Waals surface area contributed by atoms with E-state index in [1.807, 2.05) is 18.2 Å². The third-order valence-corrected chi connectivity index (χ3v) is 2.99. The van der Waals surface area contributed by atoms with Gasteiger partial charge in [-0.3, -0.25) is 4.79 Å². The monoisotopic (exact) mass is 271 g/mol. The molecule has 0 fully saturated rings. The van der Waals surface area contributed by atoms with Crippen LogP contribution in [0.15, 0.2) is 18.2 Å². The van der Waals surface area contributed by atoms with Crippen molar-refractivity contribution in [3.63, 3.8) is 0 Å². The first-order valence-corrected chi connectivity index (χ1v) is 6.40. The molecule has 104 valence electrons. The normalized spacial score (nSPS) is 10.1. The number of carbonyl (C=O) groups is 1. The lowest BCUT2D eigenvalue weighted by molar-refractivity contribution is 0.100. The summed E-state index contributed by atoms with van der Waals surface area (Å²) in [6.07, 6.45) is 1.33. The topological polar surface area (TPSA) is 91.1 Å². The Hall–Kier alpha value is -2.45. The summed E-state index contributed by atoms with van der Waals surface area (Å²) in [5.41, 5.74) is 7.54. The fourth-order valence-corrected chi connectivity index (χ4v) is 2.05. The highest BCUT2D eigenvalue weighted by atomic mass is 16.2. The number of aromatic amines is 1. The van der Waals surface area contributed by atoms with E-state index < -0.39 is 5.91 Å². The number of nitrogens with one attached hydrogen (secondary N) is 2. The maximum Gasteiger partial charge on any atom is 0.253 e. The summed E-state index contributed by atoms with van der Waals surface area (Å²) in [6.45, 7) is 0.151. The average molecular weight is 271 g/mol. The maximum atomic E-state index is 11.5. The third kappa shape index (κ3) is 2.76. The van der Waals surface area contributed by atoms with Crippen molar-refractivity contribution in [3.05, 3.63) is 29.3 Å². The molecule has 0 aliphatic heterocycles. The number of hydrogen-bond donors (Lipinski definition) is 4. The van der Waals surface area contributed by atoms with Crippen LogP contribution in [0, 0.1) is 11.8 Å². The number of amides is 1. The van der Waals surface area contributed by atoms with Crippen LogP contribution in [0.5, 0.6) is 0 Å². The number of H-pyrrole nitrogens is 1. The van der Waals surface area contributed by atoms with Gasteiger partial charge in [0.05, 0.1) is 5.56 Å². The van der Waals surface area contributed by atoms with E-state index in [1.165, 1.54) is 0 Å². The van der Waals surface area contributed by atoms with Crippen LogP contribution in [0.3, 0.4) is 0 Å². The van der Waals surface area contributed by atoms with Crippen LogP contribution < -0.4 is 11.1 Å². The molecule has 5 N–H and O–H groups in total. The molecule has 0 atom stereocenters. The molecule has 2 aromatic rings. The number of primary amides is 1. The Morgan fingerprint density at radius 3 is 2.95 bits per heavy atom. The maximum absolute atomic E-state index is 11.5. The molecule has 0 aliphatic carbocycles. The Morgan fingerprint density at radius 1 is 1.50 bits per heavy atom. The Kier molecular flexibility index (Phi) is 4.28. The number of aliphatic hydroxyl groups is 1. The van der Waals surface area contributed by atoms with Crippen molar-refractivity contribution < 1.29 is 9.90 Å². The standard InChI is InChI=1S/C15H17N3O2/c1-17-15-13(14(16)20)11-7-6-10(9-12(11)18-15)5-3-2-4-8-19/h6-7,9,17-19H,2,4,8H2,1H3,(H2,16,20). The van der Waals surface area contributed by atoms with E-state index in [4.69, 9.17) is 10.8 Å². The number of hydrogen-bond acceptors (Lipinski definition) is 3. The molecule has 1 aromatic carbocycles. The molecular weight excluding hydrogens is 254 g/mol. The number of benzene rings is 1. The van der Waals surface area contributed by atoms with E-state index in [0.29, 0.717) is 24.2 Å². The molecule has 2 rings (SSSR count). The van der Waals surface area contributed by atoms with Crippen molar-refractivity contribution >= 4 is 22.6 Å². The van der Waals surface area contributed by atoms with Gasteiger partial charge < -0.3 is 21.1 Å². The van der Waals surface area contributed by atoms with Crippen LogP contribution in [0.2, 0.25) is 0 Å². The van der Waals surface area contributed by atoms with Crippen LogP contribution in [-0.2, 0) is 0 Å². The van der Waals surface area contributed by atoms with Crippen LogP contribution in [-0.4, -0.2) is 29.7 Å². The number of rotatable bonds is 4. The molecule has 0 saturated carbocycles. The third-order valence-electron chi connectivity index (χ3n) is 2.99. The molecule has 0 aliphatic rings. The van der Waals surface area contributed by atoms with Gasteiger partial charge in [0.1, 0.15) is 5.82 Å². The summed E-state index contributed by atoms with van der Waals surface area (Å²) in [6, 6.07) is 5.57. The zero-order valence-corrected chi connectivity index (χ0v) is 11.3. The van der Waals surface area contributed by atoms with Gasteiger partial charge in [-0.2, -0.15) is 0 Å². The second kappa shape index (κ2) is 6.13. The highest BCUT2D eigenvalue weighted by molar-refractivity contribution is 6.11. The molecule has 0 saturated heterocycles. The summed E-state index contributed by atoms with van der Waals surface area (Å²) in [5.74, 6) is 6.16. The average Bonchev–Trinajstić information content (AvgIpc) is 2.81. The number of fused-ring (bicyclic) bond motifs is 1. The first-order valence-electron chi connectivity index (χ1n) is 6.40. The van der Waals surface area contributed by atoms with Crippen LogP contribution >= 0.6 is 0 Å². The van der Waals surface area contributed by atoms with Crippen molar-refractivity contribution in [1.82, 2.24) is 4.98 Å². The highest BCUT2D eigenvalue weighted by Gasteiger charge is 2.15. The van der Waals surface area contributed by atoms with Crippen LogP contribution in [0.4, 0.5) is 5.82 Å². The summed E-state index contributed by atoms with van der Waals surface area (Å²) in [4.78, 5) is 14.6. The van der Waals surface area contributed by atoms with E-state index in [2.05, 4.69) is 22.1 Å². The molecule has 5 nitrogen and oxygen atoms in total. The molecule has 0 radical (unpaired) electrons. The van der Waals surface area contributed by atoms with Crippen molar-refractivity contribution in [1.29, 1.82) is 0 Å². The molecule has 1 aromatic heterocycles. The highest BCUT2D eigenvalue weighted by Crippen LogP contribution is 2.26. The quantitative estimate of drug-likeness (QED) is 0.501. The number of anilines is 1. The van der Waals surface area contributed by atoms with Gasteiger partial charge in [0.15, 0.2) is 0 Å². The van der Waals surface area contributed by atoms with E-state index in [-0.39, 0.29) is 6.61 Å². The Balaban J connectivity index is 2.39. The summed E-state index contributed by atoms with van der Waals surface area (Å²) < 4.78 is 0. The van der Waals surface area contributed by atoms with E-state index in [9.17, 15) is 4.79 Å². The van der Waals surface area contributed by atoms with Gasteiger partial charge in [-0.15, -0.1) is 0 Å². The number of carbonyl (C=O) groups excluding carboxylic acids is 1. The number of nitrogens with two attached hydrogens (primary N) is 1. The van der Waals surface area contributed by atoms with Gasteiger partial charge in [-0.25, -0.2) is 0 Å². The first-order chi connectivity index (χ1) is 9.67. The van der Waals surface area contributed by atoms with Gasteiger partial charge >= 0.3 is 0 Å². The van der Waals surface area contributed by atoms with Gasteiger partial charge in [-0.1, -0.05) is 17.9 Å². The number of unbranched alkanes of at least 4 members (excludes halogenated alkanes) is 1. The van der Waals surface area contributed by atoms with Gasteiger partial charge in [-0.05, 0) is 18.6 Å². The molecule has 0 unspecified atom stereocenters. The van der Waals surface area contributed by atoms with Gasteiger partial charge in [0.25, 0.3) is 5.91 Å². The molecule has 0 bridgehead atoms. The predicted octanol–water partition coefficient (Wildman–Crippen LogP) is 1.43. The first kappa shape index (κ1) is 14.0. The molecule has 1 amide bonds. The van der Waals surface area contributed by atoms with Crippen molar-refractivity contribution in [2.24, 2.45) is 5.73 Å². The van der Waals surface area contributed by atoms with E-state index >= 15 is 0 Å². The van der Waals surface area contributed by atoms with E-state index in [1.54, 1.807) is 7.05 Å². The minimum atomic E-state index is -0.470. The molecular formula is C15H17N3O2. The molecule has 20 heavy (non-hydrogen) atoms.